The molecule has 3 N–H and O–H groups in total. The molecule has 3 aromatic rings. The van der Waals surface area contributed by atoms with Gasteiger partial charge in [0, 0.05) is 13.2 Å². The Bertz CT molecular complexity index is 1040. The molecule has 0 aliphatic heterocycles. The van der Waals surface area contributed by atoms with E-state index in [4.69, 9.17) is 20.0 Å². The lowest BCUT2D eigenvalue weighted by atomic mass is 10.1. The van der Waals surface area contributed by atoms with Gasteiger partial charge in [0.15, 0.2) is 5.82 Å². The Labute approximate surface area is 177 Å². The lowest BCUT2D eigenvalue weighted by molar-refractivity contribution is 0.630. The van der Waals surface area contributed by atoms with Gasteiger partial charge in [0.25, 0.3) is 0 Å². The minimum Gasteiger partial charge on any atom is -0.386 e. The summed E-state index contributed by atoms with van der Waals surface area (Å²) in [6.45, 7) is 6.09. The molecule has 29 heavy (non-hydrogen) atoms. The van der Waals surface area contributed by atoms with Gasteiger partial charge in [-0.05, 0) is 49.6 Å². The van der Waals surface area contributed by atoms with Crippen LogP contribution in [0.3, 0.4) is 0 Å². The van der Waals surface area contributed by atoms with Crippen molar-refractivity contribution in [2.45, 2.75) is 20.8 Å². The van der Waals surface area contributed by atoms with E-state index in [0.29, 0.717) is 16.8 Å². The number of aryl methyl sites for hydroxylation is 2. The summed E-state index contributed by atoms with van der Waals surface area (Å²) in [6.07, 6.45) is 5.16. The second kappa shape index (κ2) is 10.5. The number of rotatable bonds is 5. The van der Waals surface area contributed by atoms with Gasteiger partial charge in [0.2, 0.25) is 5.95 Å². The molecule has 0 saturated carbocycles. The molecule has 0 aliphatic carbocycles. The number of halogens is 1. The molecule has 0 radical (unpaired) electrons. The fourth-order valence-electron chi connectivity index (χ4n) is 2.49. The van der Waals surface area contributed by atoms with Crippen LogP contribution in [0.25, 0.3) is 0 Å². The first-order valence-electron chi connectivity index (χ1n) is 8.57. The van der Waals surface area contributed by atoms with Crippen LogP contribution >= 0.6 is 11.6 Å². The summed E-state index contributed by atoms with van der Waals surface area (Å²) < 4.78 is 16.6. The van der Waals surface area contributed by atoms with Crippen molar-refractivity contribution in [1.82, 2.24) is 15.0 Å². The van der Waals surface area contributed by atoms with Crippen LogP contribution in [0.1, 0.15) is 16.7 Å². The van der Waals surface area contributed by atoms with Gasteiger partial charge < -0.3 is 16.0 Å². The maximum atomic E-state index is 8.29. The predicted molar refractivity (Wildman–Crippen MR) is 117 cm³/mol. The summed E-state index contributed by atoms with van der Waals surface area (Å²) in [5, 5.41) is 10.1. The van der Waals surface area contributed by atoms with Gasteiger partial charge in [-0.1, -0.05) is 17.7 Å². The summed E-state index contributed by atoms with van der Waals surface area (Å²) in [5.74, 6) is 0.980. The normalized spacial score (nSPS) is 9.83. The van der Waals surface area contributed by atoms with Gasteiger partial charge in [-0.25, -0.2) is 4.98 Å². The van der Waals surface area contributed by atoms with Crippen molar-refractivity contribution in [3.63, 3.8) is 0 Å². The van der Waals surface area contributed by atoms with Crippen molar-refractivity contribution < 1.29 is 8.42 Å². The standard InChI is InChI=1S/C19H21ClN6.O2S/c1-11-5-6-15(16(7-11)21-4)24-18-14(20)9-23-19(26-18)25-17-10-22-8-12(2)13(17)3;1-3-2/h5-10,21H,1-4H3,(H2,23,24,25,26);. The highest BCUT2D eigenvalue weighted by Crippen LogP contribution is 2.30. The topological polar surface area (TPSA) is 109 Å². The summed E-state index contributed by atoms with van der Waals surface area (Å²) in [5.41, 5.74) is 6.08. The Hall–Kier alpha value is -3.04. The van der Waals surface area contributed by atoms with Crippen LogP contribution in [0.2, 0.25) is 5.02 Å². The van der Waals surface area contributed by atoms with Crippen LogP contribution in [0.4, 0.5) is 28.8 Å². The van der Waals surface area contributed by atoms with Crippen LogP contribution in [0, 0.1) is 20.8 Å². The molecule has 0 spiro atoms. The zero-order valence-corrected chi connectivity index (χ0v) is 18.0. The predicted octanol–water partition coefficient (Wildman–Crippen LogP) is 4.31. The third-order valence-corrected chi connectivity index (χ3v) is 4.43. The molecular formula is C19H21ClN6O2S. The first-order valence-corrected chi connectivity index (χ1v) is 9.62. The molecule has 0 saturated heterocycles. The Balaban J connectivity index is 0.000000941. The molecule has 0 atom stereocenters. The molecule has 0 unspecified atom stereocenters. The molecular weight excluding hydrogens is 412 g/mol. The molecule has 0 amide bonds. The Morgan fingerprint density at radius 1 is 0.966 bits per heavy atom. The number of hydrogen-bond acceptors (Lipinski definition) is 8. The highest BCUT2D eigenvalue weighted by atomic mass is 35.5. The van der Waals surface area contributed by atoms with E-state index in [9.17, 15) is 0 Å². The molecule has 2 heterocycles. The second-order valence-corrected chi connectivity index (χ2v) is 6.68. The van der Waals surface area contributed by atoms with Gasteiger partial charge in [-0.2, -0.15) is 13.4 Å². The number of hydrogen-bond donors (Lipinski definition) is 3. The van der Waals surface area contributed by atoms with E-state index in [-0.39, 0.29) is 0 Å². The highest BCUT2D eigenvalue weighted by molar-refractivity contribution is 7.51. The van der Waals surface area contributed by atoms with Crippen molar-refractivity contribution in [3.05, 3.63) is 58.5 Å². The molecule has 8 nitrogen and oxygen atoms in total. The van der Waals surface area contributed by atoms with E-state index in [0.717, 1.165) is 28.2 Å². The van der Waals surface area contributed by atoms with E-state index in [1.54, 1.807) is 12.4 Å². The van der Waals surface area contributed by atoms with Gasteiger partial charge in [0.05, 0.1) is 29.5 Å². The fourth-order valence-corrected chi connectivity index (χ4v) is 2.63. The van der Waals surface area contributed by atoms with Crippen molar-refractivity contribution in [2.75, 3.05) is 23.0 Å². The van der Waals surface area contributed by atoms with E-state index < -0.39 is 11.6 Å². The molecule has 3 rings (SSSR count). The van der Waals surface area contributed by atoms with Crippen LogP contribution in [0.5, 0.6) is 0 Å². The molecule has 152 valence electrons. The van der Waals surface area contributed by atoms with Crippen LogP contribution in [0.15, 0.2) is 36.8 Å². The summed E-state index contributed by atoms with van der Waals surface area (Å²) >= 11 is 5.53. The minimum absolute atomic E-state index is 0.442. The highest BCUT2D eigenvalue weighted by Gasteiger charge is 2.10. The number of aromatic nitrogens is 3. The monoisotopic (exact) mass is 432 g/mol. The van der Waals surface area contributed by atoms with Gasteiger partial charge in [-0.3, -0.25) is 4.98 Å². The lowest BCUT2D eigenvalue weighted by Crippen LogP contribution is -2.04. The maximum absolute atomic E-state index is 8.29. The van der Waals surface area contributed by atoms with Crippen molar-refractivity contribution in [2.24, 2.45) is 0 Å². The molecule has 1 aromatic carbocycles. The van der Waals surface area contributed by atoms with Gasteiger partial charge >= 0.3 is 11.6 Å². The number of nitrogens with zero attached hydrogens (tertiary/aromatic N) is 3. The molecule has 0 fully saturated rings. The third-order valence-electron chi connectivity index (χ3n) is 4.16. The zero-order chi connectivity index (χ0) is 21.4. The Morgan fingerprint density at radius 3 is 2.38 bits per heavy atom. The van der Waals surface area contributed by atoms with Crippen molar-refractivity contribution in [3.8, 4) is 0 Å². The summed E-state index contributed by atoms with van der Waals surface area (Å²) in [4.78, 5) is 13.0. The SMILES string of the molecule is CNc1cc(C)ccc1Nc1nc(Nc2cncc(C)c2C)ncc1Cl.O=S=O. The fraction of sp³-hybridized carbons (Fsp3) is 0.211. The van der Waals surface area contributed by atoms with Gasteiger partial charge in [-0.15, -0.1) is 0 Å². The van der Waals surface area contributed by atoms with E-state index in [1.165, 1.54) is 5.56 Å². The number of nitrogens with one attached hydrogen (secondary N) is 3. The van der Waals surface area contributed by atoms with E-state index in [2.05, 4.69) is 37.0 Å². The van der Waals surface area contributed by atoms with Gasteiger partial charge in [0.1, 0.15) is 5.02 Å². The second-order valence-electron chi connectivity index (χ2n) is 6.14. The van der Waals surface area contributed by atoms with Crippen LogP contribution in [-0.2, 0) is 11.6 Å². The average Bonchev–Trinajstić information content (AvgIpc) is 2.70. The minimum atomic E-state index is -0.750. The first kappa shape index (κ1) is 22.3. The summed E-state index contributed by atoms with van der Waals surface area (Å²) in [6, 6.07) is 6.07. The average molecular weight is 433 g/mol. The van der Waals surface area contributed by atoms with Crippen LogP contribution < -0.4 is 16.0 Å². The number of pyridine rings is 1. The van der Waals surface area contributed by atoms with E-state index in [1.807, 2.05) is 46.1 Å². The van der Waals surface area contributed by atoms with Crippen molar-refractivity contribution in [1.29, 1.82) is 0 Å². The van der Waals surface area contributed by atoms with Crippen molar-refractivity contribution >= 4 is 52.0 Å². The first-order chi connectivity index (χ1) is 13.9. The lowest BCUT2D eigenvalue weighted by Gasteiger charge is -2.14. The van der Waals surface area contributed by atoms with Crippen LogP contribution in [-0.4, -0.2) is 30.4 Å². The smallest absolute Gasteiger partial charge is 0.335 e. The number of anilines is 5. The zero-order valence-electron chi connectivity index (χ0n) is 16.4. The quantitative estimate of drug-likeness (QED) is 0.547. The Kier molecular flexibility index (Phi) is 8.05. The summed E-state index contributed by atoms with van der Waals surface area (Å²) in [7, 11) is 1.88. The molecule has 0 bridgehead atoms. The molecule has 0 aliphatic rings. The largest absolute Gasteiger partial charge is 0.386 e. The third kappa shape index (κ3) is 5.97. The maximum Gasteiger partial charge on any atom is 0.335 e. The molecule has 10 heteroatoms. The molecule has 2 aromatic heterocycles. The van der Waals surface area contributed by atoms with E-state index >= 15 is 0 Å². The number of benzene rings is 1. The Morgan fingerprint density at radius 2 is 1.69 bits per heavy atom.